The molecule has 3 atom stereocenters. The monoisotopic (exact) mass is 408 g/mol. The molecule has 0 aromatic heterocycles. The summed E-state index contributed by atoms with van der Waals surface area (Å²) in [6.45, 7) is 2.26. The van der Waals surface area contributed by atoms with Crippen LogP contribution < -0.4 is 0 Å². The van der Waals surface area contributed by atoms with E-state index in [1.165, 1.54) is 44.9 Å². The second-order valence-electron chi connectivity index (χ2n) is 9.60. The zero-order valence-electron chi connectivity index (χ0n) is 18.0. The van der Waals surface area contributed by atoms with E-state index in [9.17, 15) is 13.6 Å². The average molecular weight is 409 g/mol. The first-order valence-corrected chi connectivity index (χ1v) is 12.0. The lowest BCUT2D eigenvalue weighted by Crippen LogP contribution is -2.37. The van der Waals surface area contributed by atoms with Crippen molar-refractivity contribution in [3.8, 4) is 11.8 Å². The molecule has 164 valence electrons. The van der Waals surface area contributed by atoms with Crippen LogP contribution in [0, 0.1) is 35.5 Å². The largest absolute Gasteiger partial charge is 0.459 e. The number of hydrogen-bond donors (Lipinski definition) is 0. The predicted octanol–water partition coefficient (Wildman–Crippen LogP) is 6.56. The van der Waals surface area contributed by atoms with Gasteiger partial charge < -0.3 is 4.74 Å². The van der Waals surface area contributed by atoms with Gasteiger partial charge in [0.1, 0.15) is 18.4 Å². The molecule has 0 radical (unpaired) electrons. The first kappa shape index (κ1) is 22.6. The molecule has 0 saturated heterocycles. The van der Waals surface area contributed by atoms with Gasteiger partial charge in [0.05, 0.1) is 5.92 Å². The quantitative estimate of drug-likeness (QED) is 0.380. The second kappa shape index (κ2) is 11.3. The van der Waals surface area contributed by atoms with E-state index in [1.807, 2.05) is 0 Å². The molecule has 4 heteroatoms. The van der Waals surface area contributed by atoms with E-state index in [-0.39, 0.29) is 18.3 Å². The molecule has 0 spiro atoms. The highest BCUT2D eigenvalue weighted by atomic mass is 19.1. The van der Waals surface area contributed by atoms with Crippen LogP contribution in [0.4, 0.5) is 8.78 Å². The Kier molecular flexibility index (Phi) is 8.82. The highest BCUT2D eigenvalue weighted by Crippen LogP contribution is 2.34. The maximum atomic E-state index is 13.9. The molecule has 0 aliphatic heterocycles. The number of carbonyl (C=O) groups excluding carboxylic acids is 1. The number of carbonyl (C=O) groups is 1. The predicted molar refractivity (Wildman–Crippen MR) is 112 cm³/mol. The van der Waals surface area contributed by atoms with Crippen LogP contribution in [0.5, 0.6) is 0 Å². The van der Waals surface area contributed by atoms with Crippen LogP contribution in [0.15, 0.2) is 0 Å². The minimum absolute atomic E-state index is 0.138. The number of rotatable bonds is 5. The molecule has 3 aliphatic carbocycles. The van der Waals surface area contributed by atoms with Crippen molar-refractivity contribution >= 4 is 5.97 Å². The van der Waals surface area contributed by atoms with Crippen LogP contribution in [0.2, 0.25) is 0 Å². The van der Waals surface area contributed by atoms with Gasteiger partial charge in [-0.1, -0.05) is 38.0 Å². The molecule has 2 nitrogen and oxygen atoms in total. The zero-order chi connectivity index (χ0) is 20.6. The van der Waals surface area contributed by atoms with Crippen molar-refractivity contribution in [2.24, 2.45) is 23.7 Å². The van der Waals surface area contributed by atoms with Crippen LogP contribution in [-0.2, 0) is 9.53 Å². The molecule has 3 unspecified atom stereocenters. The van der Waals surface area contributed by atoms with Crippen LogP contribution in [0.3, 0.4) is 0 Å². The van der Waals surface area contributed by atoms with Gasteiger partial charge >= 0.3 is 5.97 Å². The molecule has 0 aromatic rings. The SMILES string of the molecule is CCCCC1CCC(C#CC2CCC(C(=O)OC3CCC(F)CC3F)CC2)CC1. The third kappa shape index (κ3) is 6.97. The molecule has 0 N–H and O–H groups in total. The molecular weight excluding hydrogens is 370 g/mol. The highest BCUT2D eigenvalue weighted by Gasteiger charge is 2.35. The Morgan fingerprint density at radius 1 is 0.897 bits per heavy atom. The third-order valence-corrected chi connectivity index (χ3v) is 7.28. The average Bonchev–Trinajstić information content (AvgIpc) is 2.74. The fourth-order valence-electron chi connectivity index (χ4n) is 5.22. The normalized spacial score (nSPS) is 38.0. The molecule has 3 saturated carbocycles. The Labute approximate surface area is 175 Å². The lowest BCUT2D eigenvalue weighted by atomic mass is 9.79. The lowest BCUT2D eigenvalue weighted by molar-refractivity contribution is -0.161. The van der Waals surface area contributed by atoms with Crippen LogP contribution in [0.25, 0.3) is 0 Å². The maximum absolute atomic E-state index is 13.9. The maximum Gasteiger partial charge on any atom is 0.309 e. The van der Waals surface area contributed by atoms with E-state index in [0.717, 1.165) is 31.6 Å². The molecule has 3 rings (SSSR count). The van der Waals surface area contributed by atoms with Crippen molar-refractivity contribution in [1.82, 2.24) is 0 Å². The third-order valence-electron chi connectivity index (χ3n) is 7.28. The van der Waals surface area contributed by atoms with Gasteiger partial charge in [0.25, 0.3) is 0 Å². The molecule has 0 bridgehead atoms. The Hall–Kier alpha value is -1.11. The second-order valence-corrected chi connectivity index (χ2v) is 9.60. The summed E-state index contributed by atoms with van der Waals surface area (Å²) < 4.78 is 32.5. The molecule has 3 fully saturated rings. The van der Waals surface area contributed by atoms with Gasteiger partial charge in [0.2, 0.25) is 0 Å². The Balaban J connectivity index is 1.36. The van der Waals surface area contributed by atoms with E-state index in [2.05, 4.69) is 18.8 Å². The number of hydrogen-bond acceptors (Lipinski definition) is 2. The summed E-state index contributed by atoms with van der Waals surface area (Å²) in [5.74, 6) is 8.46. The minimum atomic E-state index is -1.36. The van der Waals surface area contributed by atoms with Gasteiger partial charge in [-0.05, 0) is 70.1 Å². The summed E-state index contributed by atoms with van der Waals surface area (Å²) in [7, 11) is 0. The van der Waals surface area contributed by atoms with Crippen molar-refractivity contribution < 1.29 is 18.3 Å². The van der Waals surface area contributed by atoms with Crippen molar-refractivity contribution in [2.75, 3.05) is 0 Å². The summed E-state index contributed by atoms with van der Waals surface area (Å²) >= 11 is 0. The molecule has 0 aromatic carbocycles. The van der Waals surface area contributed by atoms with Gasteiger partial charge in [0, 0.05) is 18.3 Å². The van der Waals surface area contributed by atoms with Gasteiger partial charge in [-0.15, -0.1) is 0 Å². The standard InChI is InChI=1S/C25H38F2O2/c1-2-3-4-18-5-7-19(8-6-18)9-10-20-11-13-21(14-12-20)25(28)29-24-16-15-22(26)17-23(24)27/h18-24H,2-8,11-17H2,1H3. The first-order chi connectivity index (χ1) is 14.0. The van der Waals surface area contributed by atoms with Crippen molar-refractivity contribution in [2.45, 2.75) is 115 Å². The summed E-state index contributed by atoms with van der Waals surface area (Å²) in [6, 6.07) is 0. The van der Waals surface area contributed by atoms with Gasteiger partial charge in [-0.2, -0.15) is 0 Å². The van der Waals surface area contributed by atoms with E-state index in [1.54, 1.807) is 0 Å². The van der Waals surface area contributed by atoms with Crippen LogP contribution in [0.1, 0.15) is 96.8 Å². The zero-order valence-corrected chi connectivity index (χ0v) is 18.0. The minimum Gasteiger partial charge on any atom is -0.459 e. The summed E-state index contributed by atoms with van der Waals surface area (Å²) in [5.41, 5.74) is 0. The first-order valence-electron chi connectivity index (χ1n) is 12.0. The van der Waals surface area contributed by atoms with Crippen LogP contribution >= 0.6 is 0 Å². The number of alkyl halides is 2. The van der Waals surface area contributed by atoms with Gasteiger partial charge in [-0.25, -0.2) is 8.78 Å². The Morgan fingerprint density at radius 2 is 1.52 bits per heavy atom. The van der Waals surface area contributed by atoms with Gasteiger partial charge in [0.15, 0.2) is 0 Å². The molecular formula is C25H38F2O2. The summed E-state index contributed by atoms with van der Waals surface area (Å²) in [6.07, 6.45) is 9.84. The fraction of sp³-hybridized carbons (Fsp3) is 0.880. The Morgan fingerprint density at radius 3 is 2.10 bits per heavy atom. The molecule has 3 aliphatic rings. The molecule has 0 amide bonds. The smallest absolute Gasteiger partial charge is 0.309 e. The summed E-state index contributed by atoms with van der Waals surface area (Å²) in [4.78, 5) is 12.4. The van der Waals surface area contributed by atoms with Crippen molar-refractivity contribution in [3.05, 3.63) is 0 Å². The van der Waals surface area contributed by atoms with E-state index < -0.39 is 18.4 Å². The topological polar surface area (TPSA) is 26.3 Å². The fourth-order valence-corrected chi connectivity index (χ4v) is 5.22. The highest BCUT2D eigenvalue weighted by molar-refractivity contribution is 5.72. The Bertz CT molecular complexity index is 565. The summed E-state index contributed by atoms with van der Waals surface area (Å²) in [5, 5.41) is 0. The van der Waals surface area contributed by atoms with Crippen LogP contribution in [-0.4, -0.2) is 24.4 Å². The van der Waals surface area contributed by atoms with Crippen molar-refractivity contribution in [3.63, 3.8) is 0 Å². The van der Waals surface area contributed by atoms with E-state index >= 15 is 0 Å². The van der Waals surface area contributed by atoms with Gasteiger partial charge in [-0.3, -0.25) is 4.79 Å². The molecule has 0 heterocycles. The number of unbranched alkanes of at least 4 members (excludes halogenated alkanes) is 1. The van der Waals surface area contributed by atoms with E-state index in [0.29, 0.717) is 24.7 Å². The van der Waals surface area contributed by atoms with E-state index in [4.69, 9.17) is 4.74 Å². The number of esters is 1. The van der Waals surface area contributed by atoms with Crippen molar-refractivity contribution in [1.29, 1.82) is 0 Å². The lowest BCUT2D eigenvalue weighted by Gasteiger charge is -2.31. The molecule has 29 heavy (non-hydrogen) atoms. The number of halogens is 2. The number of ether oxygens (including phenoxy) is 1.